The van der Waals surface area contributed by atoms with Crippen molar-refractivity contribution in [3.63, 3.8) is 0 Å². The smallest absolute Gasteiger partial charge is 0.255 e. The van der Waals surface area contributed by atoms with Crippen LogP contribution in [0.5, 0.6) is 0 Å². The van der Waals surface area contributed by atoms with E-state index in [2.05, 4.69) is 10.6 Å². The highest BCUT2D eigenvalue weighted by Gasteiger charge is 2.34. The van der Waals surface area contributed by atoms with Crippen molar-refractivity contribution in [1.82, 2.24) is 10.2 Å². The molecule has 1 aliphatic heterocycles. The van der Waals surface area contributed by atoms with Crippen LogP contribution in [0.3, 0.4) is 0 Å². The Labute approximate surface area is 186 Å². The fourth-order valence-electron chi connectivity index (χ4n) is 4.10. The van der Waals surface area contributed by atoms with E-state index >= 15 is 0 Å². The van der Waals surface area contributed by atoms with E-state index < -0.39 is 6.04 Å². The van der Waals surface area contributed by atoms with Crippen molar-refractivity contribution in [1.29, 1.82) is 0 Å². The minimum atomic E-state index is -0.483. The minimum absolute atomic E-state index is 0.0803. The molecule has 3 amide bonds. The molecular formula is C24H27N3O3S. The highest BCUT2D eigenvalue weighted by Crippen LogP contribution is 2.26. The van der Waals surface area contributed by atoms with Gasteiger partial charge in [-0.15, -0.1) is 11.8 Å². The van der Waals surface area contributed by atoms with Gasteiger partial charge in [0.15, 0.2) is 0 Å². The normalized spacial score (nSPS) is 18.7. The molecule has 7 heteroatoms. The Morgan fingerprint density at radius 3 is 2.52 bits per heavy atom. The molecule has 162 valence electrons. The fourth-order valence-corrected chi connectivity index (χ4v) is 5.26. The summed E-state index contributed by atoms with van der Waals surface area (Å²) in [5, 5.41) is 5.95. The number of anilines is 1. The first-order valence-electron chi connectivity index (χ1n) is 10.7. The summed E-state index contributed by atoms with van der Waals surface area (Å²) >= 11 is 1.58. The zero-order valence-corrected chi connectivity index (χ0v) is 18.2. The van der Waals surface area contributed by atoms with Crippen LogP contribution in [0.4, 0.5) is 5.69 Å². The molecule has 1 atom stereocenters. The molecule has 1 heterocycles. The van der Waals surface area contributed by atoms with E-state index in [1.807, 2.05) is 42.5 Å². The number of hydrogen-bond donors (Lipinski definition) is 2. The zero-order chi connectivity index (χ0) is 21.6. The third-order valence-electron chi connectivity index (χ3n) is 5.85. The molecule has 0 radical (unpaired) electrons. The van der Waals surface area contributed by atoms with Crippen LogP contribution < -0.4 is 10.6 Å². The summed E-state index contributed by atoms with van der Waals surface area (Å²) in [4.78, 5) is 39.6. The summed E-state index contributed by atoms with van der Waals surface area (Å²) in [6.45, 7) is 0.348. The van der Waals surface area contributed by atoms with Gasteiger partial charge in [0, 0.05) is 29.5 Å². The number of hydrogen-bond acceptors (Lipinski definition) is 4. The van der Waals surface area contributed by atoms with Crippen LogP contribution in [0.25, 0.3) is 0 Å². The maximum atomic E-state index is 12.8. The lowest BCUT2D eigenvalue weighted by molar-refractivity contribution is -0.124. The summed E-state index contributed by atoms with van der Waals surface area (Å²) in [6.07, 6.45) is 4.15. The number of carbonyl (C=O) groups excluding carboxylic acids is 3. The summed E-state index contributed by atoms with van der Waals surface area (Å²) in [6, 6.07) is 16.1. The largest absolute Gasteiger partial charge is 0.350 e. The quantitative estimate of drug-likeness (QED) is 0.723. The second-order valence-electron chi connectivity index (χ2n) is 8.05. The predicted octanol–water partition coefficient (Wildman–Crippen LogP) is 3.65. The third-order valence-corrected chi connectivity index (χ3v) is 6.87. The van der Waals surface area contributed by atoms with Gasteiger partial charge in [-0.3, -0.25) is 14.4 Å². The van der Waals surface area contributed by atoms with Gasteiger partial charge < -0.3 is 15.5 Å². The molecule has 2 fully saturated rings. The number of thioether (sulfide) groups is 1. The average Bonchev–Trinajstić information content (AvgIpc) is 3.50. The maximum absolute atomic E-state index is 12.8. The van der Waals surface area contributed by atoms with Gasteiger partial charge in [-0.25, -0.2) is 0 Å². The Kier molecular flexibility index (Phi) is 6.92. The van der Waals surface area contributed by atoms with Gasteiger partial charge in [-0.05, 0) is 42.7 Å². The van der Waals surface area contributed by atoms with Crippen LogP contribution in [0.2, 0.25) is 0 Å². The SMILES string of the molecule is O=C(Nc1cccc(CNC(=O)C2CSCN2C(=O)c2ccccc2)c1)C1CCCC1. The molecule has 0 bridgehead atoms. The molecule has 0 aromatic heterocycles. The van der Waals surface area contributed by atoms with Crippen LogP contribution in [0.1, 0.15) is 41.6 Å². The zero-order valence-electron chi connectivity index (χ0n) is 17.4. The molecular weight excluding hydrogens is 410 g/mol. The van der Waals surface area contributed by atoms with E-state index in [1.165, 1.54) is 0 Å². The van der Waals surface area contributed by atoms with Crippen LogP contribution in [-0.2, 0) is 16.1 Å². The molecule has 4 rings (SSSR count). The van der Waals surface area contributed by atoms with Crippen LogP contribution in [0.15, 0.2) is 54.6 Å². The van der Waals surface area contributed by atoms with E-state index in [1.54, 1.807) is 28.8 Å². The van der Waals surface area contributed by atoms with E-state index in [0.29, 0.717) is 23.7 Å². The molecule has 31 heavy (non-hydrogen) atoms. The Bertz CT molecular complexity index is 944. The number of carbonyl (C=O) groups is 3. The van der Waals surface area contributed by atoms with Gasteiger partial charge in [0.2, 0.25) is 11.8 Å². The predicted molar refractivity (Wildman–Crippen MR) is 123 cm³/mol. The lowest BCUT2D eigenvalue weighted by atomic mass is 10.1. The lowest BCUT2D eigenvalue weighted by Gasteiger charge is -2.23. The monoisotopic (exact) mass is 437 g/mol. The molecule has 1 aliphatic carbocycles. The molecule has 2 aliphatic rings. The molecule has 2 aromatic carbocycles. The van der Waals surface area contributed by atoms with Gasteiger partial charge in [0.25, 0.3) is 5.91 Å². The number of rotatable bonds is 6. The molecule has 0 spiro atoms. The number of benzene rings is 2. The summed E-state index contributed by atoms with van der Waals surface area (Å²) in [7, 11) is 0. The molecule has 1 saturated carbocycles. The second kappa shape index (κ2) is 10.0. The van der Waals surface area contributed by atoms with Crippen molar-refractivity contribution in [2.24, 2.45) is 5.92 Å². The highest BCUT2D eigenvalue weighted by molar-refractivity contribution is 7.99. The van der Waals surface area contributed by atoms with Crippen molar-refractivity contribution >= 4 is 35.2 Å². The van der Waals surface area contributed by atoms with Gasteiger partial charge in [0.1, 0.15) is 6.04 Å². The van der Waals surface area contributed by atoms with Crippen molar-refractivity contribution in [3.8, 4) is 0 Å². The first-order valence-corrected chi connectivity index (χ1v) is 11.9. The first kappa shape index (κ1) is 21.4. The molecule has 2 N–H and O–H groups in total. The third kappa shape index (κ3) is 5.28. The Balaban J connectivity index is 1.34. The van der Waals surface area contributed by atoms with E-state index in [-0.39, 0.29) is 23.6 Å². The molecule has 1 saturated heterocycles. The number of amides is 3. The maximum Gasteiger partial charge on any atom is 0.255 e. The van der Waals surface area contributed by atoms with Crippen molar-refractivity contribution in [2.75, 3.05) is 16.9 Å². The Morgan fingerprint density at radius 1 is 0.968 bits per heavy atom. The fraction of sp³-hybridized carbons (Fsp3) is 0.375. The Morgan fingerprint density at radius 2 is 1.74 bits per heavy atom. The summed E-state index contributed by atoms with van der Waals surface area (Å²) in [5.41, 5.74) is 2.25. The first-order chi connectivity index (χ1) is 15.1. The van der Waals surface area contributed by atoms with Crippen LogP contribution in [-0.4, -0.2) is 40.3 Å². The van der Waals surface area contributed by atoms with Crippen molar-refractivity contribution < 1.29 is 14.4 Å². The van der Waals surface area contributed by atoms with Crippen molar-refractivity contribution in [3.05, 3.63) is 65.7 Å². The van der Waals surface area contributed by atoms with Crippen LogP contribution in [0, 0.1) is 5.92 Å². The summed E-state index contributed by atoms with van der Waals surface area (Å²) in [5.74, 6) is 1.00. The summed E-state index contributed by atoms with van der Waals surface area (Å²) < 4.78 is 0. The van der Waals surface area contributed by atoms with Gasteiger partial charge in [0.05, 0.1) is 5.88 Å². The molecule has 2 aromatic rings. The lowest BCUT2D eigenvalue weighted by Crippen LogP contribution is -2.47. The van der Waals surface area contributed by atoms with Crippen LogP contribution >= 0.6 is 11.8 Å². The van der Waals surface area contributed by atoms with E-state index in [9.17, 15) is 14.4 Å². The Hall–Kier alpha value is -2.80. The van der Waals surface area contributed by atoms with Gasteiger partial charge in [-0.1, -0.05) is 43.2 Å². The van der Waals surface area contributed by atoms with E-state index in [0.717, 1.165) is 36.9 Å². The molecule has 6 nitrogen and oxygen atoms in total. The minimum Gasteiger partial charge on any atom is -0.350 e. The number of nitrogens with zero attached hydrogens (tertiary/aromatic N) is 1. The van der Waals surface area contributed by atoms with Gasteiger partial charge in [-0.2, -0.15) is 0 Å². The average molecular weight is 438 g/mol. The van der Waals surface area contributed by atoms with Crippen molar-refractivity contribution in [2.45, 2.75) is 38.3 Å². The van der Waals surface area contributed by atoms with E-state index in [4.69, 9.17) is 0 Å². The second-order valence-corrected chi connectivity index (χ2v) is 9.05. The van der Waals surface area contributed by atoms with Gasteiger partial charge >= 0.3 is 0 Å². The topological polar surface area (TPSA) is 78.5 Å². The molecule has 1 unspecified atom stereocenters. The number of nitrogens with one attached hydrogen (secondary N) is 2. The highest BCUT2D eigenvalue weighted by atomic mass is 32.2. The standard InChI is InChI=1S/C24H27N3O3S/c28-22(18-8-4-5-9-18)26-20-12-6-7-17(13-20)14-25-23(29)21-15-31-16-27(21)24(30)19-10-2-1-3-11-19/h1-3,6-7,10-13,18,21H,4-5,8-9,14-16H2,(H,25,29)(H,26,28).